The molecule has 3 rings (SSSR count). The monoisotopic (exact) mass is 440 g/mol. The molecule has 0 aromatic rings. The van der Waals surface area contributed by atoms with Crippen LogP contribution in [0.25, 0.3) is 0 Å². The zero-order valence-corrected chi connectivity index (χ0v) is 22.7. The summed E-state index contributed by atoms with van der Waals surface area (Å²) < 4.78 is 14.8. The molecule has 0 radical (unpaired) electrons. The van der Waals surface area contributed by atoms with Gasteiger partial charge in [-0.3, -0.25) is 0 Å². The van der Waals surface area contributed by atoms with E-state index in [9.17, 15) is 0 Å². The van der Waals surface area contributed by atoms with Crippen LogP contribution in [0.15, 0.2) is 0 Å². The summed E-state index contributed by atoms with van der Waals surface area (Å²) in [5.41, 5.74) is 2.46. The molecule has 3 aliphatic carbocycles. The molecule has 0 saturated heterocycles. The molecular weight excluding hydrogens is 393 g/mol. The maximum atomic E-state index is 7.42. The van der Waals surface area contributed by atoms with Crippen molar-refractivity contribution < 1.29 is 8.23 Å². The topological polar surface area (TPSA) is 18.5 Å². The van der Waals surface area contributed by atoms with Gasteiger partial charge in [0.15, 0.2) is 16.6 Å². The van der Waals surface area contributed by atoms with Gasteiger partial charge in [-0.2, -0.15) is 0 Å². The minimum Gasteiger partial charge on any atom is -0.436 e. The molecule has 3 saturated carbocycles. The largest absolute Gasteiger partial charge is 0.436 e. The van der Waals surface area contributed by atoms with E-state index < -0.39 is 25.2 Å². The van der Waals surface area contributed by atoms with Crippen molar-refractivity contribution in [3.05, 3.63) is 0 Å². The average Bonchev–Trinajstić information content (AvgIpc) is 2.69. The molecule has 164 valence electrons. The Morgan fingerprint density at radius 2 is 0.714 bits per heavy atom. The fraction of sp³-hybridized carbons (Fsp3) is 1.00. The van der Waals surface area contributed by atoms with Gasteiger partial charge in [-0.05, 0) is 56.7 Å². The lowest BCUT2D eigenvalue weighted by molar-refractivity contribution is 0.308. The van der Waals surface area contributed by atoms with Crippen LogP contribution >= 0.6 is 0 Å². The fourth-order valence-corrected chi connectivity index (χ4v) is 23.2. The van der Waals surface area contributed by atoms with Gasteiger partial charge in [-0.15, -0.1) is 0 Å². The Morgan fingerprint density at radius 1 is 0.429 bits per heavy atom. The second kappa shape index (κ2) is 9.80. The molecule has 3 aliphatic rings. The summed E-state index contributed by atoms with van der Waals surface area (Å²) in [5, 5.41) is 0. The normalized spacial score (nSPS) is 25.2. The van der Waals surface area contributed by atoms with Crippen molar-refractivity contribution in [1.29, 1.82) is 0 Å². The second-order valence-corrected chi connectivity index (χ2v) is 24.0. The molecular formula is C23H48O2Si3. The van der Waals surface area contributed by atoms with E-state index in [1.54, 1.807) is 0 Å². The van der Waals surface area contributed by atoms with Crippen molar-refractivity contribution in [2.75, 3.05) is 0 Å². The van der Waals surface area contributed by atoms with E-state index >= 15 is 0 Å². The van der Waals surface area contributed by atoms with E-state index in [2.05, 4.69) is 32.7 Å². The van der Waals surface area contributed by atoms with Crippen molar-refractivity contribution in [1.82, 2.24) is 0 Å². The fourth-order valence-electron chi connectivity index (χ4n) is 6.62. The smallest absolute Gasteiger partial charge is 0.317 e. The van der Waals surface area contributed by atoms with Crippen LogP contribution < -0.4 is 0 Å². The summed E-state index contributed by atoms with van der Waals surface area (Å²) in [6.45, 7) is 12.7. The summed E-state index contributed by atoms with van der Waals surface area (Å²) in [7, 11) is -5.59. The molecule has 0 aromatic carbocycles. The van der Waals surface area contributed by atoms with Gasteiger partial charge in [0.05, 0.1) is 0 Å². The van der Waals surface area contributed by atoms with Crippen molar-refractivity contribution in [3.8, 4) is 0 Å². The lowest BCUT2D eigenvalue weighted by Crippen LogP contribution is -2.59. The number of rotatable bonds is 7. The lowest BCUT2D eigenvalue weighted by atomic mass is 10.0. The SMILES string of the molecule is C[Si](C)(O[Si](C)(O[Si](C)(C)C1CCCCC1)C1CCCCC1)C1CCCCC1. The van der Waals surface area contributed by atoms with Crippen LogP contribution in [0, 0.1) is 0 Å². The summed E-state index contributed by atoms with van der Waals surface area (Å²) in [4.78, 5) is 0. The third kappa shape index (κ3) is 5.83. The minimum absolute atomic E-state index is 0.743. The zero-order valence-electron chi connectivity index (χ0n) is 19.7. The highest BCUT2D eigenvalue weighted by Gasteiger charge is 2.52. The molecule has 0 amide bonds. The van der Waals surface area contributed by atoms with Crippen LogP contribution in [0.5, 0.6) is 0 Å². The standard InChI is InChI=1S/C23H48O2Si3/c1-26(2,21-15-9-6-10-16-21)24-28(5,23-19-13-8-14-20-23)25-27(3,4)22-17-11-7-12-18-22/h21-23H,6-20H2,1-5H3. The molecule has 0 aliphatic heterocycles. The Labute approximate surface area is 179 Å². The van der Waals surface area contributed by atoms with Gasteiger partial charge in [0, 0.05) is 5.54 Å². The van der Waals surface area contributed by atoms with E-state index in [-0.39, 0.29) is 0 Å². The summed E-state index contributed by atoms with van der Waals surface area (Å²) >= 11 is 0. The van der Waals surface area contributed by atoms with E-state index in [1.165, 1.54) is 96.3 Å². The van der Waals surface area contributed by atoms with Crippen molar-refractivity contribution in [3.63, 3.8) is 0 Å². The van der Waals surface area contributed by atoms with E-state index in [4.69, 9.17) is 8.23 Å². The maximum Gasteiger partial charge on any atom is 0.317 e. The molecule has 0 aromatic heterocycles. The van der Waals surface area contributed by atoms with Crippen molar-refractivity contribution >= 4 is 25.2 Å². The Balaban J connectivity index is 1.78. The van der Waals surface area contributed by atoms with E-state index in [0.717, 1.165) is 16.6 Å². The minimum atomic E-state index is -2.16. The first-order valence-corrected chi connectivity index (χ1v) is 21.0. The molecule has 0 atom stereocenters. The van der Waals surface area contributed by atoms with E-state index in [1.807, 2.05) is 0 Å². The molecule has 0 spiro atoms. The molecule has 28 heavy (non-hydrogen) atoms. The molecule has 0 bridgehead atoms. The van der Waals surface area contributed by atoms with Gasteiger partial charge in [-0.1, -0.05) is 83.5 Å². The highest BCUT2D eigenvalue weighted by atomic mass is 28.5. The molecule has 2 nitrogen and oxygen atoms in total. The molecule has 0 heterocycles. The van der Waals surface area contributed by atoms with E-state index in [0.29, 0.717) is 0 Å². The quantitative estimate of drug-likeness (QED) is 0.369. The summed E-state index contributed by atoms with van der Waals surface area (Å²) in [6.07, 6.45) is 21.2. The molecule has 0 unspecified atom stereocenters. The highest BCUT2D eigenvalue weighted by Crippen LogP contribution is 2.47. The summed E-state index contributed by atoms with van der Waals surface area (Å²) in [6, 6.07) is 0. The van der Waals surface area contributed by atoms with Gasteiger partial charge in [0.25, 0.3) is 0 Å². The van der Waals surface area contributed by atoms with Crippen LogP contribution in [0.4, 0.5) is 0 Å². The first-order valence-electron chi connectivity index (χ1n) is 12.6. The van der Waals surface area contributed by atoms with Gasteiger partial charge in [-0.25, -0.2) is 0 Å². The number of hydrogen-bond acceptors (Lipinski definition) is 2. The third-order valence-corrected chi connectivity index (χ3v) is 23.1. The van der Waals surface area contributed by atoms with Crippen LogP contribution in [0.3, 0.4) is 0 Å². The van der Waals surface area contributed by atoms with Gasteiger partial charge >= 0.3 is 8.56 Å². The van der Waals surface area contributed by atoms with Crippen LogP contribution in [-0.2, 0) is 8.23 Å². The Kier molecular flexibility index (Phi) is 8.13. The second-order valence-electron chi connectivity index (χ2n) is 11.4. The Hall–Kier alpha value is 0.571. The van der Waals surface area contributed by atoms with Crippen LogP contribution in [0.2, 0.25) is 49.4 Å². The van der Waals surface area contributed by atoms with Crippen molar-refractivity contribution in [2.45, 2.75) is 146 Å². The van der Waals surface area contributed by atoms with Gasteiger partial charge < -0.3 is 8.23 Å². The summed E-state index contributed by atoms with van der Waals surface area (Å²) in [5.74, 6) is 0. The maximum absolute atomic E-state index is 7.42. The van der Waals surface area contributed by atoms with Gasteiger partial charge in [0.2, 0.25) is 0 Å². The predicted octanol–water partition coefficient (Wildman–Crippen LogP) is 8.50. The average molecular weight is 441 g/mol. The first-order chi connectivity index (χ1) is 13.2. The zero-order chi connectivity index (χ0) is 20.3. The first kappa shape index (κ1) is 23.2. The van der Waals surface area contributed by atoms with Crippen LogP contribution in [-0.4, -0.2) is 25.2 Å². The third-order valence-electron chi connectivity index (χ3n) is 8.45. The lowest BCUT2D eigenvalue weighted by Gasteiger charge is -2.49. The molecule has 3 fully saturated rings. The van der Waals surface area contributed by atoms with Crippen LogP contribution in [0.1, 0.15) is 96.3 Å². The molecule has 5 heteroatoms. The predicted molar refractivity (Wildman–Crippen MR) is 129 cm³/mol. The molecule has 0 N–H and O–H groups in total. The number of hydrogen-bond donors (Lipinski definition) is 0. The Bertz CT molecular complexity index is 444. The highest BCUT2D eigenvalue weighted by molar-refractivity contribution is 6.89. The van der Waals surface area contributed by atoms with Crippen molar-refractivity contribution in [2.24, 2.45) is 0 Å². The van der Waals surface area contributed by atoms with Gasteiger partial charge in [0.1, 0.15) is 0 Å². The Morgan fingerprint density at radius 3 is 1.04 bits per heavy atom.